The molecule has 6 nitrogen and oxygen atoms in total. The summed E-state index contributed by atoms with van der Waals surface area (Å²) in [6.45, 7) is 0. The molecule has 1 amide bonds. The smallest absolute Gasteiger partial charge is 0.258 e. The summed E-state index contributed by atoms with van der Waals surface area (Å²) in [5.74, 6) is 0.818. The minimum Gasteiger partial charge on any atom is -0.497 e. The van der Waals surface area contributed by atoms with Gasteiger partial charge < -0.3 is 14.5 Å². The van der Waals surface area contributed by atoms with Gasteiger partial charge in [0, 0.05) is 23.5 Å². The molecule has 0 spiro atoms. The number of carbonyl (C=O) groups excluding carboxylic acids is 1. The highest BCUT2D eigenvalue weighted by Gasteiger charge is 2.13. The summed E-state index contributed by atoms with van der Waals surface area (Å²) in [5.41, 5.74) is 2.99. The molecule has 0 unspecified atom stereocenters. The number of fused-ring (bicyclic) bond motifs is 1. The van der Waals surface area contributed by atoms with Crippen LogP contribution in [0, 0.1) is 0 Å². The number of benzene rings is 2. The minimum atomic E-state index is -0.340. The molecule has 4 aromatic rings. The van der Waals surface area contributed by atoms with Gasteiger partial charge in [-0.15, -0.1) is 0 Å². The lowest BCUT2D eigenvalue weighted by Gasteiger charge is -2.07. The Balaban J connectivity index is 1.63. The first-order valence-corrected chi connectivity index (χ1v) is 8.49. The van der Waals surface area contributed by atoms with E-state index in [1.165, 1.54) is 6.20 Å². The number of pyridine rings is 1. The highest BCUT2D eigenvalue weighted by Crippen LogP contribution is 2.28. The number of ether oxygens (including phenoxy) is 1. The lowest BCUT2D eigenvalue weighted by atomic mass is 10.2. The Bertz CT molecular complexity index is 1140. The number of anilines is 1. The second kappa shape index (κ2) is 7.09. The highest BCUT2D eigenvalue weighted by atomic mass is 35.5. The quantitative estimate of drug-likeness (QED) is 0.515. The van der Waals surface area contributed by atoms with Gasteiger partial charge in [0.2, 0.25) is 5.89 Å². The van der Waals surface area contributed by atoms with Crippen LogP contribution in [0.1, 0.15) is 10.4 Å². The number of halogens is 1. The second-order valence-electron chi connectivity index (χ2n) is 5.73. The maximum atomic E-state index is 12.4. The van der Waals surface area contributed by atoms with Gasteiger partial charge in [-0.3, -0.25) is 4.79 Å². The van der Waals surface area contributed by atoms with Crippen molar-refractivity contribution in [3.8, 4) is 17.2 Å². The van der Waals surface area contributed by atoms with Crippen molar-refractivity contribution in [3.05, 3.63) is 71.5 Å². The molecule has 0 bridgehead atoms. The van der Waals surface area contributed by atoms with Crippen molar-refractivity contribution in [2.75, 3.05) is 12.4 Å². The van der Waals surface area contributed by atoms with Gasteiger partial charge in [-0.25, -0.2) is 9.97 Å². The number of nitrogens with one attached hydrogen (secondary N) is 1. The van der Waals surface area contributed by atoms with E-state index >= 15 is 0 Å². The van der Waals surface area contributed by atoms with E-state index in [1.54, 1.807) is 43.5 Å². The van der Waals surface area contributed by atoms with Crippen LogP contribution in [-0.4, -0.2) is 23.0 Å². The third kappa shape index (κ3) is 3.47. The average Bonchev–Trinajstić information content (AvgIpc) is 3.11. The fraction of sp³-hybridized carbons (Fsp3) is 0.0500. The van der Waals surface area contributed by atoms with Crippen LogP contribution in [0.25, 0.3) is 22.6 Å². The van der Waals surface area contributed by atoms with Crippen molar-refractivity contribution < 1.29 is 13.9 Å². The fourth-order valence-electron chi connectivity index (χ4n) is 2.64. The average molecular weight is 380 g/mol. The largest absolute Gasteiger partial charge is 0.497 e. The third-order valence-corrected chi connectivity index (χ3v) is 4.27. The number of nitrogens with zero attached hydrogens (tertiary/aromatic N) is 2. The highest BCUT2D eigenvalue weighted by molar-refractivity contribution is 6.33. The van der Waals surface area contributed by atoms with Gasteiger partial charge in [0.15, 0.2) is 5.58 Å². The van der Waals surface area contributed by atoms with E-state index in [4.69, 9.17) is 20.8 Å². The SMILES string of the molecule is COc1ccc2oc(-c3cccc(NC(=O)c4cccnc4Cl)c3)nc2c1. The first-order valence-electron chi connectivity index (χ1n) is 8.11. The number of rotatable bonds is 4. The molecule has 0 radical (unpaired) electrons. The molecule has 0 aliphatic heterocycles. The summed E-state index contributed by atoms with van der Waals surface area (Å²) >= 11 is 5.98. The zero-order valence-corrected chi connectivity index (χ0v) is 15.0. The predicted octanol–water partition coefficient (Wildman–Crippen LogP) is 4.80. The Morgan fingerprint density at radius 3 is 2.85 bits per heavy atom. The van der Waals surface area contributed by atoms with E-state index in [2.05, 4.69) is 15.3 Å². The molecule has 0 aliphatic rings. The van der Waals surface area contributed by atoms with Crippen LogP contribution in [0.3, 0.4) is 0 Å². The van der Waals surface area contributed by atoms with Crippen LogP contribution >= 0.6 is 11.6 Å². The van der Waals surface area contributed by atoms with Crippen LogP contribution in [-0.2, 0) is 0 Å². The van der Waals surface area contributed by atoms with Crippen LogP contribution in [0.2, 0.25) is 5.15 Å². The number of methoxy groups -OCH3 is 1. The molecule has 2 aromatic heterocycles. The maximum absolute atomic E-state index is 12.4. The van der Waals surface area contributed by atoms with Gasteiger partial charge >= 0.3 is 0 Å². The van der Waals surface area contributed by atoms with Gasteiger partial charge in [-0.1, -0.05) is 17.7 Å². The first kappa shape index (κ1) is 17.1. The maximum Gasteiger partial charge on any atom is 0.258 e. The molecule has 1 N–H and O–H groups in total. The number of hydrogen-bond acceptors (Lipinski definition) is 5. The molecule has 0 aliphatic carbocycles. The van der Waals surface area contributed by atoms with E-state index in [1.807, 2.05) is 18.2 Å². The zero-order chi connectivity index (χ0) is 18.8. The predicted molar refractivity (Wildman–Crippen MR) is 103 cm³/mol. The summed E-state index contributed by atoms with van der Waals surface area (Å²) in [6, 6.07) is 15.9. The number of oxazole rings is 1. The lowest BCUT2D eigenvalue weighted by Crippen LogP contribution is -2.12. The van der Waals surface area contributed by atoms with E-state index in [0.29, 0.717) is 34.0 Å². The van der Waals surface area contributed by atoms with Crippen molar-refractivity contribution >= 4 is 34.3 Å². The van der Waals surface area contributed by atoms with Gasteiger partial charge in [-0.05, 0) is 42.5 Å². The van der Waals surface area contributed by atoms with Crippen LogP contribution in [0.5, 0.6) is 5.75 Å². The van der Waals surface area contributed by atoms with Crippen molar-refractivity contribution in [1.82, 2.24) is 9.97 Å². The van der Waals surface area contributed by atoms with E-state index < -0.39 is 0 Å². The molecule has 0 saturated carbocycles. The number of aromatic nitrogens is 2. The molecular weight excluding hydrogens is 366 g/mol. The molecule has 0 fully saturated rings. The lowest BCUT2D eigenvalue weighted by molar-refractivity contribution is 0.102. The number of amides is 1. The monoisotopic (exact) mass is 379 g/mol. The number of hydrogen-bond donors (Lipinski definition) is 1. The summed E-state index contributed by atoms with van der Waals surface area (Å²) in [7, 11) is 1.60. The Kier molecular flexibility index (Phi) is 4.48. The van der Waals surface area contributed by atoms with Gasteiger partial charge in [0.05, 0.1) is 12.7 Å². The summed E-state index contributed by atoms with van der Waals surface area (Å²) in [4.78, 5) is 20.8. The van der Waals surface area contributed by atoms with E-state index in [-0.39, 0.29) is 11.1 Å². The van der Waals surface area contributed by atoms with Gasteiger partial charge in [0.1, 0.15) is 16.4 Å². The standard InChI is InChI=1S/C20H14ClN3O3/c1-26-14-7-8-17-16(11-14)24-20(27-17)12-4-2-5-13(10-12)23-19(25)15-6-3-9-22-18(15)21/h2-11H,1H3,(H,23,25). The molecule has 134 valence electrons. The van der Waals surface area contributed by atoms with E-state index in [9.17, 15) is 4.79 Å². The Labute approximate surface area is 159 Å². The van der Waals surface area contributed by atoms with Crippen molar-refractivity contribution in [1.29, 1.82) is 0 Å². The van der Waals surface area contributed by atoms with Crippen LogP contribution in [0.15, 0.2) is 65.2 Å². The summed E-state index contributed by atoms with van der Waals surface area (Å²) in [5, 5.41) is 2.96. The van der Waals surface area contributed by atoms with Crippen LogP contribution in [0.4, 0.5) is 5.69 Å². The van der Waals surface area contributed by atoms with Crippen molar-refractivity contribution in [2.45, 2.75) is 0 Å². The molecule has 2 aromatic carbocycles. The topological polar surface area (TPSA) is 77.2 Å². The van der Waals surface area contributed by atoms with E-state index in [0.717, 1.165) is 5.56 Å². The fourth-order valence-corrected chi connectivity index (χ4v) is 2.85. The molecule has 4 rings (SSSR count). The molecule has 0 saturated heterocycles. The Morgan fingerprint density at radius 1 is 1.15 bits per heavy atom. The second-order valence-corrected chi connectivity index (χ2v) is 6.09. The minimum absolute atomic E-state index is 0.152. The number of carbonyl (C=O) groups is 1. The zero-order valence-electron chi connectivity index (χ0n) is 14.3. The molecule has 2 heterocycles. The molecule has 27 heavy (non-hydrogen) atoms. The normalized spacial score (nSPS) is 10.7. The third-order valence-electron chi connectivity index (χ3n) is 3.97. The Hall–Kier alpha value is -3.38. The Morgan fingerprint density at radius 2 is 2.04 bits per heavy atom. The van der Waals surface area contributed by atoms with Crippen molar-refractivity contribution in [2.24, 2.45) is 0 Å². The first-order chi connectivity index (χ1) is 13.1. The molecule has 7 heteroatoms. The van der Waals surface area contributed by atoms with Gasteiger partial charge in [0.25, 0.3) is 5.91 Å². The van der Waals surface area contributed by atoms with Crippen molar-refractivity contribution in [3.63, 3.8) is 0 Å². The molecule has 0 atom stereocenters. The van der Waals surface area contributed by atoms with Gasteiger partial charge in [-0.2, -0.15) is 0 Å². The summed E-state index contributed by atoms with van der Waals surface area (Å²) in [6.07, 6.45) is 1.53. The van der Waals surface area contributed by atoms with Crippen LogP contribution < -0.4 is 10.1 Å². The summed E-state index contributed by atoms with van der Waals surface area (Å²) < 4.78 is 11.0. The molecular formula is C20H14ClN3O3.